The fourth-order valence-electron chi connectivity index (χ4n) is 2.84. The van der Waals surface area contributed by atoms with Crippen molar-refractivity contribution in [3.05, 3.63) is 34.3 Å². The second kappa shape index (κ2) is 10.2. The molecule has 0 unspecified atom stereocenters. The van der Waals surface area contributed by atoms with Gasteiger partial charge in [-0.05, 0) is 49.9 Å². The number of rotatable bonds is 6. The van der Waals surface area contributed by atoms with Crippen LogP contribution in [0.3, 0.4) is 0 Å². The third kappa shape index (κ3) is 5.90. The van der Waals surface area contributed by atoms with Gasteiger partial charge in [-0.15, -0.1) is 12.4 Å². The SMILES string of the molecule is CCNCC1CCN(C(=O)CCc2ccccc2Br)CC1.Cl. The molecular weight excluding hydrogens is 364 g/mol. The van der Waals surface area contributed by atoms with E-state index in [-0.39, 0.29) is 12.4 Å². The summed E-state index contributed by atoms with van der Waals surface area (Å²) in [7, 11) is 0. The van der Waals surface area contributed by atoms with Crippen LogP contribution in [0.2, 0.25) is 0 Å². The van der Waals surface area contributed by atoms with Gasteiger partial charge in [-0.3, -0.25) is 4.79 Å². The van der Waals surface area contributed by atoms with E-state index in [1.807, 2.05) is 23.1 Å². The van der Waals surface area contributed by atoms with Gasteiger partial charge in [-0.2, -0.15) is 0 Å². The van der Waals surface area contributed by atoms with Crippen molar-refractivity contribution in [1.82, 2.24) is 10.2 Å². The van der Waals surface area contributed by atoms with Crippen LogP contribution in [0.5, 0.6) is 0 Å². The average molecular weight is 390 g/mol. The Morgan fingerprint density at radius 1 is 1.32 bits per heavy atom. The molecule has 1 aromatic rings. The number of likely N-dealkylation sites (tertiary alicyclic amines) is 1. The van der Waals surface area contributed by atoms with Gasteiger partial charge in [0.2, 0.25) is 5.91 Å². The number of halogens is 2. The lowest BCUT2D eigenvalue weighted by molar-refractivity contribution is -0.132. The maximum atomic E-state index is 12.3. The summed E-state index contributed by atoms with van der Waals surface area (Å²) < 4.78 is 1.10. The smallest absolute Gasteiger partial charge is 0.222 e. The minimum Gasteiger partial charge on any atom is -0.343 e. The number of nitrogens with zero attached hydrogens (tertiary/aromatic N) is 1. The summed E-state index contributed by atoms with van der Waals surface area (Å²) in [5.41, 5.74) is 1.22. The average Bonchev–Trinajstić information content (AvgIpc) is 2.52. The van der Waals surface area contributed by atoms with Crippen molar-refractivity contribution in [3.8, 4) is 0 Å². The first kappa shape index (κ1) is 19.5. The monoisotopic (exact) mass is 388 g/mol. The van der Waals surface area contributed by atoms with Crippen LogP contribution < -0.4 is 5.32 Å². The molecule has 1 aromatic carbocycles. The number of carbonyl (C=O) groups excluding carboxylic acids is 1. The van der Waals surface area contributed by atoms with Crippen molar-refractivity contribution in [2.45, 2.75) is 32.6 Å². The number of amides is 1. The standard InChI is InChI=1S/C17H25BrN2O.ClH/c1-2-19-13-14-9-11-20(12-10-14)17(21)8-7-15-5-3-4-6-16(15)18;/h3-6,14,19H,2,7-13H2,1H3;1H. The molecule has 124 valence electrons. The molecule has 0 aromatic heterocycles. The normalized spacial score (nSPS) is 15.5. The zero-order chi connectivity index (χ0) is 15.1. The minimum atomic E-state index is 0. The Morgan fingerprint density at radius 2 is 2.00 bits per heavy atom. The van der Waals surface area contributed by atoms with Crippen LogP contribution in [0.1, 0.15) is 31.7 Å². The Bertz CT molecular complexity index is 462. The van der Waals surface area contributed by atoms with Crippen LogP contribution in [0.25, 0.3) is 0 Å². The van der Waals surface area contributed by atoms with Crippen LogP contribution in [0, 0.1) is 5.92 Å². The predicted octanol–water partition coefficient (Wildman–Crippen LogP) is 3.65. The van der Waals surface area contributed by atoms with Crippen molar-refractivity contribution >= 4 is 34.2 Å². The lowest BCUT2D eigenvalue weighted by Gasteiger charge is -2.32. The molecule has 0 radical (unpaired) electrons. The molecule has 1 aliphatic heterocycles. The number of nitrogens with one attached hydrogen (secondary N) is 1. The largest absolute Gasteiger partial charge is 0.343 e. The fourth-order valence-corrected chi connectivity index (χ4v) is 3.32. The molecule has 0 spiro atoms. The van der Waals surface area contributed by atoms with E-state index in [0.717, 1.165) is 55.8 Å². The highest BCUT2D eigenvalue weighted by atomic mass is 79.9. The summed E-state index contributed by atoms with van der Waals surface area (Å²) in [5, 5.41) is 3.41. The maximum Gasteiger partial charge on any atom is 0.222 e. The number of benzene rings is 1. The lowest BCUT2D eigenvalue weighted by Crippen LogP contribution is -2.40. The van der Waals surface area contributed by atoms with E-state index in [9.17, 15) is 4.79 Å². The number of hydrogen-bond donors (Lipinski definition) is 1. The Morgan fingerprint density at radius 3 is 2.64 bits per heavy atom. The molecule has 0 aliphatic carbocycles. The molecule has 22 heavy (non-hydrogen) atoms. The van der Waals surface area contributed by atoms with E-state index in [0.29, 0.717) is 12.3 Å². The molecule has 0 saturated carbocycles. The Balaban J connectivity index is 0.00000242. The van der Waals surface area contributed by atoms with E-state index in [1.165, 1.54) is 5.56 Å². The molecule has 1 saturated heterocycles. The van der Waals surface area contributed by atoms with Gasteiger partial charge in [0.1, 0.15) is 0 Å². The molecule has 0 bridgehead atoms. The first-order valence-corrected chi connectivity index (χ1v) is 8.72. The highest BCUT2D eigenvalue weighted by Gasteiger charge is 2.22. The zero-order valence-electron chi connectivity index (χ0n) is 13.2. The van der Waals surface area contributed by atoms with Gasteiger partial charge < -0.3 is 10.2 Å². The quantitative estimate of drug-likeness (QED) is 0.805. The van der Waals surface area contributed by atoms with Crippen LogP contribution in [0.15, 0.2) is 28.7 Å². The molecule has 1 N–H and O–H groups in total. The van der Waals surface area contributed by atoms with Gasteiger partial charge in [0.05, 0.1) is 0 Å². The van der Waals surface area contributed by atoms with Gasteiger partial charge in [-0.25, -0.2) is 0 Å². The predicted molar refractivity (Wildman–Crippen MR) is 97.6 cm³/mol. The first-order valence-electron chi connectivity index (χ1n) is 7.92. The Labute approximate surface area is 148 Å². The lowest BCUT2D eigenvalue weighted by atomic mass is 9.96. The number of aryl methyl sites for hydroxylation is 1. The summed E-state index contributed by atoms with van der Waals surface area (Å²) in [4.78, 5) is 14.3. The molecule has 1 heterocycles. The van der Waals surface area contributed by atoms with Crippen molar-refractivity contribution in [2.24, 2.45) is 5.92 Å². The zero-order valence-corrected chi connectivity index (χ0v) is 15.6. The van der Waals surface area contributed by atoms with Gasteiger partial charge in [-0.1, -0.05) is 41.1 Å². The van der Waals surface area contributed by atoms with Gasteiger partial charge in [0, 0.05) is 24.0 Å². The van der Waals surface area contributed by atoms with Crippen molar-refractivity contribution < 1.29 is 4.79 Å². The topological polar surface area (TPSA) is 32.3 Å². The summed E-state index contributed by atoms with van der Waals surface area (Å²) in [6.07, 6.45) is 3.69. The Kier molecular flexibility index (Phi) is 9.06. The second-order valence-electron chi connectivity index (χ2n) is 5.72. The third-order valence-corrected chi connectivity index (χ3v) is 4.99. The molecule has 1 amide bonds. The minimum absolute atomic E-state index is 0. The fraction of sp³-hybridized carbons (Fsp3) is 0.588. The van der Waals surface area contributed by atoms with E-state index >= 15 is 0 Å². The molecular formula is C17H26BrClN2O. The summed E-state index contributed by atoms with van der Waals surface area (Å²) >= 11 is 3.54. The Hall–Kier alpha value is -0.580. The van der Waals surface area contributed by atoms with Gasteiger partial charge in [0.25, 0.3) is 0 Å². The summed E-state index contributed by atoms with van der Waals surface area (Å²) in [6.45, 7) is 6.11. The number of hydrogen-bond acceptors (Lipinski definition) is 2. The molecule has 1 aliphatic rings. The van der Waals surface area contributed by atoms with Crippen molar-refractivity contribution in [3.63, 3.8) is 0 Å². The van der Waals surface area contributed by atoms with Crippen LogP contribution in [-0.4, -0.2) is 37.0 Å². The van der Waals surface area contributed by atoms with E-state index in [4.69, 9.17) is 0 Å². The molecule has 3 nitrogen and oxygen atoms in total. The van der Waals surface area contributed by atoms with Crippen molar-refractivity contribution in [2.75, 3.05) is 26.2 Å². The summed E-state index contributed by atoms with van der Waals surface area (Å²) in [6, 6.07) is 8.15. The van der Waals surface area contributed by atoms with Gasteiger partial charge in [0.15, 0.2) is 0 Å². The second-order valence-corrected chi connectivity index (χ2v) is 6.58. The van der Waals surface area contributed by atoms with Crippen LogP contribution in [-0.2, 0) is 11.2 Å². The van der Waals surface area contributed by atoms with E-state index in [2.05, 4.69) is 34.2 Å². The van der Waals surface area contributed by atoms with Crippen molar-refractivity contribution in [1.29, 1.82) is 0 Å². The molecule has 5 heteroatoms. The third-order valence-electron chi connectivity index (χ3n) is 4.22. The highest BCUT2D eigenvalue weighted by Crippen LogP contribution is 2.20. The molecule has 0 atom stereocenters. The number of carbonyl (C=O) groups is 1. The molecule has 1 fully saturated rings. The molecule has 2 rings (SSSR count). The first-order chi connectivity index (χ1) is 10.2. The van der Waals surface area contributed by atoms with Crippen LogP contribution >= 0.6 is 28.3 Å². The summed E-state index contributed by atoms with van der Waals surface area (Å²) in [5.74, 6) is 1.03. The van der Waals surface area contributed by atoms with Crippen LogP contribution in [0.4, 0.5) is 0 Å². The highest BCUT2D eigenvalue weighted by molar-refractivity contribution is 9.10. The number of piperidine rings is 1. The van der Waals surface area contributed by atoms with Gasteiger partial charge >= 0.3 is 0 Å². The van der Waals surface area contributed by atoms with E-state index < -0.39 is 0 Å². The maximum absolute atomic E-state index is 12.3. The van der Waals surface area contributed by atoms with E-state index in [1.54, 1.807) is 0 Å².